The van der Waals surface area contributed by atoms with Gasteiger partial charge in [0.25, 0.3) is 0 Å². The minimum absolute atomic E-state index is 0.110. The summed E-state index contributed by atoms with van der Waals surface area (Å²) in [5.41, 5.74) is 3.77. The van der Waals surface area contributed by atoms with Crippen molar-refractivity contribution in [3.05, 3.63) is 63.9 Å². The van der Waals surface area contributed by atoms with Crippen LogP contribution in [0.5, 0.6) is 11.5 Å². The molecule has 7 heteroatoms. The summed E-state index contributed by atoms with van der Waals surface area (Å²) in [5.74, 6) is 0.623. The van der Waals surface area contributed by atoms with E-state index in [1.807, 2.05) is 31.2 Å². The van der Waals surface area contributed by atoms with Crippen LogP contribution in [0.2, 0.25) is 0 Å². The smallest absolute Gasteiger partial charge is 0.409 e. The molecule has 0 bridgehead atoms. The molecule has 4 rings (SSSR count). The number of aryl methyl sites for hydroxylation is 2. The maximum atomic E-state index is 13.1. The third-order valence-electron chi connectivity index (χ3n) is 5.84. The molecule has 1 amide bonds. The number of Topliss-reactive ketones (excluding diaryl/α,β-unsaturated/α-hetero) is 1. The lowest BCUT2D eigenvalue weighted by molar-refractivity contribution is 0.0774. The van der Waals surface area contributed by atoms with E-state index in [0.717, 1.165) is 11.1 Å². The molecule has 2 aliphatic heterocycles. The summed E-state index contributed by atoms with van der Waals surface area (Å²) < 4.78 is 11.1. The van der Waals surface area contributed by atoms with Gasteiger partial charge in [0, 0.05) is 32.7 Å². The molecule has 0 saturated carbocycles. The first kappa shape index (κ1) is 21.9. The van der Waals surface area contributed by atoms with E-state index in [-0.39, 0.29) is 23.4 Å². The van der Waals surface area contributed by atoms with Crippen molar-refractivity contribution in [2.24, 2.45) is 0 Å². The lowest BCUT2D eigenvalue weighted by atomic mass is 9.99. The van der Waals surface area contributed by atoms with Crippen LogP contribution in [0.4, 0.5) is 4.79 Å². The summed E-state index contributed by atoms with van der Waals surface area (Å²) in [4.78, 5) is 28.8. The average molecular weight is 437 g/mol. The fourth-order valence-corrected chi connectivity index (χ4v) is 4.17. The second-order valence-electron chi connectivity index (χ2n) is 8.21. The molecule has 2 aromatic rings. The Kier molecular flexibility index (Phi) is 6.19. The van der Waals surface area contributed by atoms with Crippen LogP contribution in [-0.4, -0.2) is 59.6 Å². The van der Waals surface area contributed by atoms with Crippen molar-refractivity contribution < 1.29 is 24.2 Å². The van der Waals surface area contributed by atoms with Gasteiger partial charge in [0.15, 0.2) is 5.76 Å². The van der Waals surface area contributed by atoms with Crippen LogP contribution in [0, 0.1) is 13.8 Å². The number of piperazine rings is 1. The van der Waals surface area contributed by atoms with Crippen LogP contribution in [0.3, 0.4) is 0 Å². The first-order valence-electron chi connectivity index (χ1n) is 10.9. The number of hydrogen-bond donors (Lipinski definition) is 1. The zero-order valence-corrected chi connectivity index (χ0v) is 18.7. The highest BCUT2D eigenvalue weighted by Crippen LogP contribution is 2.42. The van der Waals surface area contributed by atoms with Crippen LogP contribution < -0.4 is 4.74 Å². The number of allylic oxidation sites excluding steroid dienone is 1. The predicted molar refractivity (Wildman–Crippen MR) is 121 cm³/mol. The van der Waals surface area contributed by atoms with E-state index in [4.69, 9.17) is 9.47 Å². The molecule has 0 radical (unpaired) electrons. The van der Waals surface area contributed by atoms with Gasteiger partial charge in [-0.25, -0.2) is 4.79 Å². The molecular formula is C25H28N2O5. The van der Waals surface area contributed by atoms with E-state index in [9.17, 15) is 14.7 Å². The Bertz CT molecular complexity index is 1080. The summed E-state index contributed by atoms with van der Waals surface area (Å²) in [6.07, 6.45) is 1.44. The van der Waals surface area contributed by atoms with E-state index >= 15 is 0 Å². The maximum absolute atomic E-state index is 13.1. The maximum Gasteiger partial charge on any atom is 0.409 e. The topological polar surface area (TPSA) is 79.3 Å². The number of benzene rings is 2. The molecule has 1 fully saturated rings. The van der Waals surface area contributed by atoms with Crippen LogP contribution in [0.15, 0.2) is 36.1 Å². The second-order valence-corrected chi connectivity index (χ2v) is 8.21. The molecule has 0 spiro atoms. The molecule has 2 heterocycles. The van der Waals surface area contributed by atoms with E-state index in [0.29, 0.717) is 61.8 Å². The quantitative estimate of drug-likeness (QED) is 0.733. The highest BCUT2D eigenvalue weighted by Gasteiger charge is 2.34. The first-order chi connectivity index (χ1) is 15.4. The standard InChI is InChI=1S/C25H28N2O5/c1-4-31-25(30)27-10-8-26(9-11-27)15-19-20(28)13-17(3)22-23(29)21(32-24(19)22)14-18-7-5-6-16(2)12-18/h5-7,12-14,28H,4,8-11,15H2,1-3H3/b21-14-. The Labute approximate surface area is 187 Å². The summed E-state index contributed by atoms with van der Waals surface area (Å²) >= 11 is 0. The number of carbonyl (C=O) groups is 2. The van der Waals surface area contributed by atoms with Crippen LogP contribution >= 0.6 is 0 Å². The van der Waals surface area contributed by atoms with Crippen molar-refractivity contribution in [3.8, 4) is 11.5 Å². The van der Waals surface area contributed by atoms with Crippen LogP contribution in [0.25, 0.3) is 6.08 Å². The third-order valence-corrected chi connectivity index (χ3v) is 5.84. The van der Waals surface area contributed by atoms with Crippen molar-refractivity contribution in [2.45, 2.75) is 27.3 Å². The fourth-order valence-electron chi connectivity index (χ4n) is 4.17. The second kappa shape index (κ2) is 9.04. The van der Waals surface area contributed by atoms with E-state index in [2.05, 4.69) is 4.90 Å². The van der Waals surface area contributed by atoms with Crippen molar-refractivity contribution in [2.75, 3.05) is 32.8 Å². The number of aromatic hydroxyl groups is 1. The normalized spacial score (nSPS) is 17.4. The molecule has 168 valence electrons. The number of nitrogens with zero attached hydrogens (tertiary/aromatic N) is 2. The number of fused-ring (bicyclic) bond motifs is 1. The van der Waals surface area contributed by atoms with Crippen molar-refractivity contribution in [3.63, 3.8) is 0 Å². The number of amides is 1. The zero-order valence-electron chi connectivity index (χ0n) is 18.7. The number of ketones is 1. The Balaban J connectivity index is 1.56. The van der Waals surface area contributed by atoms with E-state index in [1.165, 1.54) is 0 Å². The summed E-state index contributed by atoms with van der Waals surface area (Å²) in [6.45, 7) is 8.74. The van der Waals surface area contributed by atoms with Crippen LogP contribution in [0.1, 0.15) is 39.5 Å². The molecule has 2 aromatic carbocycles. The van der Waals surface area contributed by atoms with Gasteiger partial charge in [-0.2, -0.15) is 0 Å². The molecule has 0 atom stereocenters. The van der Waals surface area contributed by atoms with Crippen molar-refractivity contribution in [1.82, 2.24) is 9.80 Å². The number of phenols is 1. The lowest BCUT2D eigenvalue weighted by Crippen LogP contribution is -2.48. The van der Waals surface area contributed by atoms with E-state index < -0.39 is 0 Å². The molecule has 0 aromatic heterocycles. The molecule has 1 saturated heterocycles. The van der Waals surface area contributed by atoms with Gasteiger partial charge < -0.3 is 19.5 Å². The molecule has 1 N–H and O–H groups in total. The van der Waals surface area contributed by atoms with Gasteiger partial charge >= 0.3 is 6.09 Å². The van der Waals surface area contributed by atoms with Gasteiger partial charge in [-0.1, -0.05) is 29.8 Å². The number of rotatable bonds is 4. The van der Waals surface area contributed by atoms with Gasteiger partial charge in [0.05, 0.1) is 17.7 Å². The molecule has 0 unspecified atom stereocenters. The van der Waals surface area contributed by atoms with Gasteiger partial charge in [0.1, 0.15) is 11.5 Å². The number of phenolic OH excluding ortho intramolecular Hbond substituents is 1. The minimum Gasteiger partial charge on any atom is -0.507 e. The van der Waals surface area contributed by atoms with Gasteiger partial charge in [0.2, 0.25) is 5.78 Å². The fraction of sp³-hybridized carbons (Fsp3) is 0.360. The van der Waals surface area contributed by atoms with Crippen molar-refractivity contribution >= 4 is 18.0 Å². The monoisotopic (exact) mass is 436 g/mol. The SMILES string of the molecule is CCOC(=O)N1CCN(Cc2c(O)cc(C)c3c2O/C(=C\c2cccc(C)c2)C3=O)CC1. The first-order valence-corrected chi connectivity index (χ1v) is 10.9. The van der Waals surface area contributed by atoms with Crippen molar-refractivity contribution in [1.29, 1.82) is 0 Å². The minimum atomic E-state index is -0.300. The Hall–Kier alpha value is -3.32. The Morgan fingerprint density at radius 1 is 1.19 bits per heavy atom. The largest absolute Gasteiger partial charge is 0.507 e. The highest BCUT2D eigenvalue weighted by molar-refractivity contribution is 6.15. The zero-order chi connectivity index (χ0) is 22.8. The predicted octanol–water partition coefficient (Wildman–Crippen LogP) is 3.90. The molecule has 32 heavy (non-hydrogen) atoms. The number of ether oxygens (including phenoxy) is 2. The molecular weight excluding hydrogens is 408 g/mol. The molecule has 0 aliphatic carbocycles. The van der Waals surface area contributed by atoms with E-state index in [1.54, 1.807) is 30.9 Å². The molecule has 7 nitrogen and oxygen atoms in total. The summed E-state index contributed by atoms with van der Waals surface area (Å²) in [6, 6.07) is 9.47. The summed E-state index contributed by atoms with van der Waals surface area (Å²) in [7, 11) is 0. The Morgan fingerprint density at radius 2 is 1.94 bits per heavy atom. The Morgan fingerprint density at radius 3 is 2.62 bits per heavy atom. The third kappa shape index (κ3) is 4.34. The molecule has 2 aliphatic rings. The highest BCUT2D eigenvalue weighted by atomic mass is 16.6. The van der Waals surface area contributed by atoms with Crippen LogP contribution in [-0.2, 0) is 11.3 Å². The number of carbonyl (C=O) groups excluding carboxylic acids is 2. The average Bonchev–Trinajstić information content (AvgIpc) is 3.08. The summed E-state index contributed by atoms with van der Waals surface area (Å²) in [5, 5.41) is 10.7. The lowest BCUT2D eigenvalue weighted by Gasteiger charge is -2.34. The number of hydrogen-bond acceptors (Lipinski definition) is 6. The van der Waals surface area contributed by atoms with Gasteiger partial charge in [-0.3, -0.25) is 9.69 Å². The van der Waals surface area contributed by atoms with Gasteiger partial charge in [-0.15, -0.1) is 0 Å². The van der Waals surface area contributed by atoms with Gasteiger partial charge in [-0.05, 0) is 44.0 Å².